The van der Waals surface area contributed by atoms with Gasteiger partial charge in [-0.3, -0.25) is 0 Å². The lowest BCUT2D eigenvalue weighted by molar-refractivity contribution is 0.666. The maximum absolute atomic E-state index is 3.56. The molecule has 0 spiro atoms. The molecule has 1 fully saturated rings. The van der Waals surface area contributed by atoms with Gasteiger partial charge in [0, 0.05) is 21.7 Å². The fourth-order valence-corrected chi connectivity index (χ4v) is 2.90. The van der Waals surface area contributed by atoms with Crippen molar-refractivity contribution in [3.8, 4) is 0 Å². The quantitative estimate of drug-likeness (QED) is 0.634. The molecule has 0 bridgehead atoms. The van der Waals surface area contributed by atoms with Gasteiger partial charge in [-0.1, -0.05) is 12.1 Å². The summed E-state index contributed by atoms with van der Waals surface area (Å²) < 4.78 is 1.21. The van der Waals surface area contributed by atoms with Gasteiger partial charge in [0.15, 0.2) is 0 Å². The van der Waals surface area contributed by atoms with Crippen LogP contribution >= 0.6 is 27.7 Å². The molecular formula is C12H16BrNS. The first-order valence-electron chi connectivity index (χ1n) is 5.44. The van der Waals surface area contributed by atoms with E-state index in [0.29, 0.717) is 0 Å². The van der Waals surface area contributed by atoms with E-state index in [1.165, 1.54) is 28.8 Å². The van der Waals surface area contributed by atoms with E-state index >= 15 is 0 Å². The first-order valence-corrected chi connectivity index (χ1v) is 7.22. The van der Waals surface area contributed by atoms with E-state index in [1.807, 2.05) is 11.8 Å². The molecule has 0 radical (unpaired) electrons. The SMILES string of the molecule is Brc1ccccc1SCCNCC1CC1. The van der Waals surface area contributed by atoms with Crippen molar-refractivity contribution in [3.63, 3.8) is 0 Å². The van der Waals surface area contributed by atoms with Gasteiger partial charge in [0.05, 0.1) is 0 Å². The summed E-state index contributed by atoms with van der Waals surface area (Å²) in [7, 11) is 0. The maximum atomic E-state index is 3.56. The highest BCUT2D eigenvalue weighted by molar-refractivity contribution is 9.10. The summed E-state index contributed by atoms with van der Waals surface area (Å²) in [5.41, 5.74) is 0. The minimum Gasteiger partial charge on any atom is -0.316 e. The van der Waals surface area contributed by atoms with Gasteiger partial charge in [-0.05, 0) is 53.4 Å². The number of hydrogen-bond donors (Lipinski definition) is 1. The van der Waals surface area contributed by atoms with Crippen molar-refractivity contribution in [2.75, 3.05) is 18.8 Å². The lowest BCUT2D eigenvalue weighted by Crippen LogP contribution is -2.19. The van der Waals surface area contributed by atoms with Crippen LogP contribution in [0.5, 0.6) is 0 Å². The molecule has 0 unspecified atom stereocenters. The van der Waals surface area contributed by atoms with Gasteiger partial charge >= 0.3 is 0 Å². The van der Waals surface area contributed by atoms with Gasteiger partial charge in [-0.15, -0.1) is 11.8 Å². The molecule has 1 saturated carbocycles. The standard InChI is InChI=1S/C12H16BrNS/c13-11-3-1-2-4-12(11)15-8-7-14-9-10-5-6-10/h1-4,10,14H,5-9H2. The van der Waals surface area contributed by atoms with Crippen LogP contribution < -0.4 is 5.32 Å². The zero-order valence-electron chi connectivity index (χ0n) is 8.71. The third-order valence-electron chi connectivity index (χ3n) is 2.50. The molecule has 3 heteroatoms. The third kappa shape index (κ3) is 4.17. The predicted octanol–water partition coefficient (Wildman–Crippen LogP) is 3.54. The molecule has 0 heterocycles. The van der Waals surface area contributed by atoms with Crippen molar-refractivity contribution >= 4 is 27.7 Å². The predicted molar refractivity (Wildman–Crippen MR) is 70.5 cm³/mol. The van der Waals surface area contributed by atoms with E-state index in [9.17, 15) is 0 Å². The summed E-state index contributed by atoms with van der Waals surface area (Å²) in [6.07, 6.45) is 2.87. The third-order valence-corrected chi connectivity index (χ3v) is 4.53. The molecule has 0 aromatic heterocycles. The molecule has 1 aromatic carbocycles. The Morgan fingerprint density at radius 2 is 2.13 bits per heavy atom. The fourth-order valence-electron chi connectivity index (χ4n) is 1.42. The summed E-state index contributed by atoms with van der Waals surface area (Å²) in [6, 6.07) is 8.40. The Kier molecular flexibility index (Phi) is 4.54. The van der Waals surface area contributed by atoms with Gasteiger partial charge < -0.3 is 5.32 Å². The summed E-state index contributed by atoms with van der Waals surface area (Å²) in [5, 5.41) is 3.50. The Bertz CT molecular complexity index is 312. The van der Waals surface area contributed by atoms with E-state index in [-0.39, 0.29) is 0 Å². The Morgan fingerprint density at radius 3 is 2.87 bits per heavy atom. The molecule has 1 N–H and O–H groups in total. The van der Waals surface area contributed by atoms with E-state index in [1.54, 1.807) is 0 Å². The van der Waals surface area contributed by atoms with Crippen molar-refractivity contribution in [1.82, 2.24) is 5.32 Å². The Hall–Kier alpha value is 0.01000. The van der Waals surface area contributed by atoms with Gasteiger partial charge in [-0.2, -0.15) is 0 Å². The Labute approximate surface area is 104 Å². The van der Waals surface area contributed by atoms with Crippen LogP contribution in [0.3, 0.4) is 0 Å². The second-order valence-electron chi connectivity index (χ2n) is 3.93. The van der Waals surface area contributed by atoms with Gasteiger partial charge in [0.1, 0.15) is 0 Å². The van der Waals surface area contributed by atoms with Gasteiger partial charge in [-0.25, -0.2) is 0 Å². The molecule has 82 valence electrons. The second-order valence-corrected chi connectivity index (χ2v) is 5.92. The molecule has 0 aliphatic heterocycles. The lowest BCUT2D eigenvalue weighted by Gasteiger charge is -2.05. The topological polar surface area (TPSA) is 12.0 Å². The molecule has 15 heavy (non-hydrogen) atoms. The minimum atomic E-state index is 0.985. The molecule has 2 rings (SSSR count). The average molecular weight is 286 g/mol. The fraction of sp³-hybridized carbons (Fsp3) is 0.500. The molecule has 0 atom stereocenters. The maximum Gasteiger partial charge on any atom is 0.0311 e. The van der Waals surface area contributed by atoms with Crippen molar-refractivity contribution < 1.29 is 0 Å². The van der Waals surface area contributed by atoms with Gasteiger partial charge in [0.25, 0.3) is 0 Å². The summed E-state index contributed by atoms with van der Waals surface area (Å²) in [4.78, 5) is 1.34. The molecule has 1 aliphatic rings. The van der Waals surface area contributed by atoms with E-state index in [0.717, 1.165) is 18.2 Å². The number of halogens is 1. The number of benzene rings is 1. The van der Waals surface area contributed by atoms with Crippen molar-refractivity contribution in [2.45, 2.75) is 17.7 Å². The molecule has 1 aromatic rings. The van der Waals surface area contributed by atoms with E-state index < -0.39 is 0 Å². The van der Waals surface area contributed by atoms with Crippen LogP contribution in [0.1, 0.15) is 12.8 Å². The van der Waals surface area contributed by atoms with Crippen LogP contribution in [-0.4, -0.2) is 18.8 Å². The molecule has 0 amide bonds. The Morgan fingerprint density at radius 1 is 1.33 bits per heavy atom. The van der Waals surface area contributed by atoms with Crippen LogP contribution in [0.2, 0.25) is 0 Å². The first-order chi connectivity index (χ1) is 7.36. The van der Waals surface area contributed by atoms with Crippen molar-refractivity contribution in [2.24, 2.45) is 5.92 Å². The number of thioether (sulfide) groups is 1. The van der Waals surface area contributed by atoms with Crippen LogP contribution in [0.25, 0.3) is 0 Å². The minimum absolute atomic E-state index is 0.985. The second kappa shape index (κ2) is 5.92. The van der Waals surface area contributed by atoms with E-state index in [4.69, 9.17) is 0 Å². The largest absolute Gasteiger partial charge is 0.316 e. The number of hydrogen-bond acceptors (Lipinski definition) is 2. The highest BCUT2D eigenvalue weighted by Crippen LogP contribution is 2.28. The van der Waals surface area contributed by atoms with Gasteiger partial charge in [0.2, 0.25) is 0 Å². The van der Waals surface area contributed by atoms with Crippen molar-refractivity contribution in [3.05, 3.63) is 28.7 Å². The first kappa shape index (κ1) is 11.5. The van der Waals surface area contributed by atoms with Crippen LogP contribution in [0.15, 0.2) is 33.6 Å². The van der Waals surface area contributed by atoms with Crippen molar-refractivity contribution in [1.29, 1.82) is 0 Å². The molecule has 1 aliphatic carbocycles. The zero-order chi connectivity index (χ0) is 10.5. The monoisotopic (exact) mass is 285 g/mol. The smallest absolute Gasteiger partial charge is 0.0311 e. The highest BCUT2D eigenvalue weighted by Gasteiger charge is 2.19. The van der Waals surface area contributed by atoms with E-state index in [2.05, 4.69) is 45.5 Å². The highest BCUT2D eigenvalue weighted by atomic mass is 79.9. The number of nitrogens with one attached hydrogen (secondary N) is 1. The Balaban J connectivity index is 1.62. The summed E-state index contributed by atoms with van der Waals surface area (Å²) in [6.45, 7) is 2.33. The molecule has 0 saturated heterocycles. The number of rotatable bonds is 6. The molecular weight excluding hydrogens is 270 g/mol. The average Bonchev–Trinajstić information content (AvgIpc) is 3.04. The van der Waals surface area contributed by atoms with Crippen LogP contribution in [0.4, 0.5) is 0 Å². The zero-order valence-corrected chi connectivity index (χ0v) is 11.1. The summed E-state index contributed by atoms with van der Waals surface area (Å²) in [5.74, 6) is 2.13. The van der Waals surface area contributed by atoms with Crippen LogP contribution in [0, 0.1) is 5.92 Å². The summed E-state index contributed by atoms with van der Waals surface area (Å²) >= 11 is 5.47. The lowest BCUT2D eigenvalue weighted by atomic mass is 10.4. The molecule has 1 nitrogen and oxygen atoms in total. The van der Waals surface area contributed by atoms with Crippen LogP contribution in [-0.2, 0) is 0 Å². The normalized spacial score (nSPS) is 15.5.